The molecule has 1 atom stereocenters. The maximum Gasteiger partial charge on any atom is 0.359 e. The van der Waals surface area contributed by atoms with Crippen LogP contribution >= 0.6 is 0 Å². The first-order chi connectivity index (χ1) is 15.2. The molecule has 4 nitrogen and oxygen atoms in total. The number of nitrogens with zero attached hydrogens (tertiary/aromatic N) is 2. The van der Waals surface area contributed by atoms with E-state index in [1.54, 1.807) is 22.9 Å². The molecule has 4 aromatic rings. The van der Waals surface area contributed by atoms with Crippen molar-refractivity contribution in [2.24, 2.45) is 0 Å². The minimum atomic E-state index is -0.423. The molecular weight excluding hydrogens is 389 g/mol. The smallest absolute Gasteiger partial charge is 0.258 e. The van der Waals surface area contributed by atoms with Crippen LogP contribution in [0.2, 0.25) is 0 Å². The van der Waals surface area contributed by atoms with E-state index in [2.05, 4.69) is 17.4 Å². The fourth-order valence-electron chi connectivity index (χ4n) is 3.93. The Morgan fingerprint density at radius 3 is 2.26 bits per heavy atom. The first-order valence-electron chi connectivity index (χ1n) is 10.3. The Kier molecular flexibility index (Phi) is 5.00. The predicted octanol–water partition coefficient (Wildman–Crippen LogP) is 4.44. The number of benzene rings is 3. The van der Waals surface area contributed by atoms with Crippen molar-refractivity contribution in [2.75, 3.05) is 5.32 Å². The van der Waals surface area contributed by atoms with Crippen molar-refractivity contribution < 1.29 is 13.8 Å². The number of hydrogen-bond acceptors (Lipinski definition) is 3. The molecule has 1 aliphatic heterocycles. The van der Waals surface area contributed by atoms with Crippen molar-refractivity contribution in [1.29, 1.82) is 0 Å². The molecule has 1 unspecified atom stereocenters. The summed E-state index contributed by atoms with van der Waals surface area (Å²) >= 11 is 0. The molecule has 1 aliphatic rings. The van der Waals surface area contributed by atoms with Crippen molar-refractivity contribution in [2.45, 2.75) is 18.9 Å². The summed E-state index contributed by atoms with van der Waals surface area (Å²) in [5.74, 6) is 0.405. The number of carbonyl (C=O) groups excluding carboxylic acids is 1. The van der Waals surface area contributed by atoms with Crippen LogP contribution in [0.5, 0.6) is 0 Å². The monoisotopic (exact) mass is 410 g/mol. The quantitative estimate of drug-likeness (QED) is 0.495. The molecule has 1 N–H and O–H groups in total. The van der Waals surface area contributed by atoms with Gasteiger partial charge in [-0.1, -0.05) is 72.8 Å². The van der Waals surface area contributed by atoms with Gasteiger partial charge in [0.2, 0.25) is 0 Å². The second kappa shape index (κ2) is 8.11. The molecule has 5 rings (SSSR count). The summed E-state index contributed by atoms with van der Waals surface area (Å²) in [6, 6.07) is 25.8. The van der Waals surface area contributed by atoms with E-state index in [1.807, 2.05) is 48.5 Å². The number of carbonyl (C=O) groups is 1. The fourth-order valence-corrected chi connectivity index (χ4v) is 3.93. The molecule has 0 bridgehead atoms. The largest absolute Gasteiger partial charge is 0.359 e. The average molecular weight is 410 g/mol. The van der Waals surface area contributed by atoms with Gasteiger partial charge in [-0.2, -0.15) is 4.57 Å². The second-order valence-electron chi connectivity index (χ2n) is 7.69. The van der Waals surface area contributed by atoms with E-state index in [4.69, 9.17) is 4.98 Å². The van der Waals surface area contributed by atoms with Crippen LogP contribution in [0.25, 0.3) is 11.3 Å². The first kappa shape index (κ1) is 19.1. The third-order valence-corrected chi connectivity index (χ3v) is 5.50. The lowest BCUT2D eigenvalue weighted by Crippen LogP contribution is -2.44. The zero-order valence-corrected chi connectivity index (χ0v) is 16.8. The van der Waals surface area contributed by atoms with Gasteiger partial charge in [-0.3, -0.25) is 5.32 Å². The molecule has 0 aliphatic carbocycles. The van der Waals surface area contributed by atoms with Crippen LogP contribution in [0.15, 0.2) is 91.1 Å². The van der Waals surface area contributed by atoms with E-state index in [9.17, 15) is 9.18 Å². The third kappa shape index (κ3) is 3.94. The number of rotatable bonds is 5. The van der Waals surface area contributed by atoms with E-state index in [1.165, 1.54) is 12.1 Å². The highest BCUT2D eigenvalue weighted by atomic mass is 19.1. The summed E-state index contributed by atoms with van der Waals surface area (Å²) in [4.78, 5) is 18.2. The third-order valence-electron chi connectivity index (χ3n) is 5.50. The van der Waals surface area contributed by atoms with Crippen LogP contribution in [0.4, 0.5) is 10.2 Å². The lowest BCUT2D eigenvalue weighted by molar-refractivity contribution is -0.552. The lowest BCUT2D eigenvalue weighted by atomic mass is 10.1. The van der Waals surface area contributed by atoms with E-state index in [0.717, 1.165) is 33.9 Å². The van der Waals surface area contributed by atoms with Crippen molar-refractivity contribution in [1.82, 2.24) is 4.98 Å². The summed E-state index contributed by atoms with van der Waals surface area (Å²) < 4.78 is 14.9. The van der Waals surface area contributed by atoms with Gasteiger partial charge in [0.05, 0.1) is 0 Å². The van der Waals surface area contributed by atoms with Gasteiger partial charge in [0.1, 0.15) is 23.4 Å². The molecule has 1 aromatic heterocycles. The predicted molar refractivity (Wildman–Crippen MR) is 117 cm³/mol. The van der Waals surface area contributed by atoms with Gasteiger partial charge < -0.3 is 0 Å². The summed E-state index contributed by atoms with van der Waals surface area (Å²) in [6.45, 7) is 0. The first-order valence-corrected chi connectivity index (χ1v) is 10.3. The normalized spacial score (nSPS) is 14.9. The van der Waals surface area contributed by atoms with E-state index >= 15 is 0 Å². The summed E-state index contributed by atoms with van der Waals surface area (Å²) in [5.41, 5.74) is 4.57. The van der Waals surface area contributed by atoms with Crippen molar-refractivity contribution in [3.05, 3.63) is 114 Å². The Morgan fingerprint density at radius 2 is 1.55 bits per heavy atom. The number of halogens is 1. The summed E-state index contributed by atoms with van der Waals surface area (Å²) in [5, 5.41) is 3.37. The number of hydrogen-bond donors (Lipinski definition) is 1. The van der Waals surface area contributed by atoms with Crippen LogP contribution in [0.3, 0.4) is 0 Å². The van der Waals surface area contributed by atoms with Crippen LogP contribution in [0, 0.1) is 5.82 Å². The molecule has 0 fully saturated rings. The summed E-state index contributed by atoms with van der Waals surface area (Å²) in [7, 11) is 0. The topological polar surface area (TPSA) is 45.9 Å². The molecular formula is C26H21FN3O+. The van der Waals surface area contributed by atoms with Crippen LogP contribution < -0.4 is 9.88 Å². The van der Waals surface area contributed by atoms with Gasteiger partial charge in [-0.25, -0.2) is 14.2 Å². The maximum atomic E-state index is 13.3. The molecule has 152 valence electrons. The SMILES string of the molecule is O=C1C(Cc2ccc(F)cc2)Nc2c(Cc3ccccc3)nc(-c3ccccc3)c[n+]21. The van der Waals surface area contributed by atoms with E-state index < -0.39 is 6.04 Å². The Labute approximate surface area is 180 Å². The molecule has 5 heteroatoms. The molecule has 0 radical (unpaired) electrons. The Bertz CT molecular complexity index is 1220. The zero-order valence-electron chi connectivity index (χ0n) is 16.8. The Balaban J connectivity index is 1.53. The second-order valence-corrected chi connectivity index (χ2v) is 7.69. The molecule has 2 heterocycles. The van der Waals surface area contributed by atoms with Gasteiger partial charge in [0.25, 0.3) is 0 Å². The van der Waals surface area contributed by atoms with Crippen molar-refractivity contribution >= 4 is 11.7 Å². The highest BCUT2D eigenvalue weighted by molar-refractivity contribution is 5.82. The highest BCUT2D eigenvalue weighted by Gasteiger charge is 2.41. The van der Waals surface area contributed by atoms with Crippen LogP contribution in [-0.4, -0.2) is 16.9 Å². The average Bonchev–Trinajstić information content (AvgIpc) is 3.12. The van der Waals surface area contributed by atoms with Gasteiger partial charge in [0.15, 0.2) is 6.04 Å². The van der Waals surface area contributed by atoms with Gasteiger partial charge in [0, 0.05) is 18.4 Å². The van der Waals surface area contributed by atoms with Gasteiger partial charge in [-0.05, 0) is 23.3 Å². The van der Waals surface area contributed by atoms with Crippen molar-refractivity contribution in [3.63, 3.8) is 0 Å². The van der Waals surface area contributed by atoms with Crippen LogP contribution in [-0.2, 0) is 12.8 Å². The van der Waals surface area contributed by atoms with Gasteiger partial charge in [-0.15, -0.1) is 0 Å². The van der Waals surface area contributed by atoms with Gasteiger partial charge >= 0.3 is 11.7 Å². The zero-order chi connectivity index (χ0) is 21.2. The number of nitrogens with one attached hydrogen (secondary N) is 1. The number of fused-ring (bicyclic) bond motifs is 1. The molecule has 3 aromatic carbocycles. The Morgan fingerprint density at radius 1 is 0.871 bits per heavy atom. The molecule has 0 saturated heterocycles. The summed E-state index contributed by atoms with van der Waals surface area (Å²) in [6.07, 6.45) is 2.89. The standard InChI is InChI=1S/C26H20FN3O/c27-21-13-11-19(12-14-21)16-23-26(31)30-17-24(20-9-5-2-6-10-20)28-22(25(30)29-23)15-18-7-3-1-4-8-18/h1-14,17,23H,15-16H2/p+1. The minimum Gasteiger partial charge on any atom is -0.258 e. The highest BCUT2D eigenvalue weighted by Crippen LogP contribution is 2.24. The molecule has 0 spiro atoms. The van der Waals surface area contributed by atoms with E-state index in [-0.39, 0.29) is 11.7 Å². The Hall–Kier alpha value is -3.86. The number of aromatic nitrogens is 2. The number of anilines is 1. The van der Waals surface area contributed by atoms with Crippen LogP contribution in [0.1, 0.15) is 21.6 Å². The van der Waals surface area contributed by atoms with Crippen molar-refractivity contribution in [3.8, 4) is 11.3 Å². The molecule has 31 heavy (non-hydrogen) atoms. The maximum absolute atomic E-state index is 13.3. The molecule has 0 amide bonds. The lowest BCUT2D eigenvalue weighted by Gasteiger charge is -2.07. The molecule has 0 saturated carbocycles. The minimum absolute atomic E-state index is 0.0341. The fraction of sp³-hybridized carbons (Fsp3) is 0.115. The van der Waals surface area contributed by atoms with E-state index in [0.29, 0.717) is 12.8 Å².